The Hall–Kier alpha value is -1.79. The summed E-state index contributed by atoms with van der Waals surface area (Å²) < 4.78 is 6.13. The van der Waals surface area contributed by atoms with Crippen molar-refractivity contribution in [3.05, 3.63) is 167 Å². The summed E-state index contributed by atoms with van der Waals surface area (Å²) in [6.07, 6.45) is 0. The molecule has 370 valence electrons. The van der Waals surface area contributed by atoms with Crippen LogP contribution in [0.5, 0.6) is 0 Å². The molecule has 0 N–H and O–H groups in total. The first kappa shape index (κ1) is 59.5. The van der Waals surface area contributed by atoms with Gasteiger partial charge in [0.15, 0.2) is 0 Å². The zero-order valence-electron chi connectivity index (χ0n) is 46.2. The predicted octanol–water partition coefficient (Wildman–Crippen LogP) is 17.1. The third kappa shape index (κ3) is 13.4. The van der Waals surface area contributed by atoms with Gasteiger partial charge in [0, 0.05) is 26.2 Å². The fourth-order valence-corrected chi connectivity index (χ4v) is 30.8. The molecule has 4 nitrogen and oxygen atoms in total. The van der Waals surface area contributed by atoms with Crippen LogP contribution in [-0.2, 0) is 26.2 Å². The van der Waals surface area contributed by atoms with Crippen LogP contribution in [0.25, 0.3) is 10.6 Å². The van der Waals surface area contributed by atoms with Crippen LogP contribution in [-0.4, -0.2) is 79.7 Å². The van der Waals surface area contributed by atoms with Gasteiger partial charge in [-0.3, -0.25) is 0 Å². The number of benzene rings is 4. The van der Waals surface area contributed by atoms with Gasteiger partial charge >= 0.3 is 0 Å². The van der Waals surface area contributed by atoms with E-state index in [1.807, 2.05) is 60.7 Å². The van der Waals surface area contributed by atoms with E-state index in [1.54, 1.807) is 0 Å². The molecule has 7 rings (SSSR count). The van der Waals surface area contributed by atoms with Crippen LogP contribution in [0.3, 0.4) is 0 Å². The molecule has 0 saturated carbocycles. The monoisotopic (exact) mass is 1050 g/mol. The molecular formula is C58H94N4Si4Zr-4. The van der Waals surface area contributed by atoms with Gasteiger partial charge in [-0.15, -0.1) is 49.4 Å². The summed E-state index contributed by atoms with van der Waals surface area (Å²) in [5.41, 5.74) is 8.09. The Balaban J connectivity index is 0.000000673. The van der Waals surface area contributed by atoms with Gasteiger partial charge in [0.25, 0.3) is 0 Å². The standard InChI is InChI=1S/C44H80N4Si4.2C7H7.Zr/c1-41(2,3)49(13,14)47(50(15,16)42(4,5)6)31-29-45-39-37-33-25-21-23-27-35(33)38(36-28-24-22-26-34(36)37)40(39)46-30-32-48(51(17,18)43(7,8)9)52(19,20)44(10,11)12;2*1-7-5-3-2-4-6-7;/h21-28,37-40H,29-32H2,1-20H3;2*2-6H,1H2;/q-2;2*-1;/t37?,38?,39-,40-;;;/m1.../s1. The van der Waals surface area contributed by atoms with Gasteiger partial charge in [0.1, 0.15) is 32.9 Å². The van der Waals surface area contributed by atoms with Gasteiger partial charge in [-0.05, 0) is 67.3 Å². The van der Waals surface area contributed by atoms with E-state index in [4.69, 9.17) is 10.6 Å². The first-order valence-corrected chi connectivity index (χ1v) is 36.8. The van der Waals surface area contributed by atoms with Crippen molar-refractivity contribution in [1.29, 1.82) is 0 Å². The van der Waals surface area contributed by atoms with Gasteiger partial charge < -0.3 is 19.1 Å². The SMILES string of the molecule is CC(C)(C)[Si](C)(C)N(CC[N-][C@@H]1C2c3ccccc3C(c3ccccc32)[C@H]1[N-]CCN([Si](C)(C)C(C)(C)C)[Si](C)(C)C(C)(C)C)[Si](C)(C)C(C)(C)C.[CH2-]c1ccccc1.[CH2-]c1ccccc1.[Zr]. The molecule has 2 bridgehead atoms. The fourth-order valence-electron chi connectivity index (χ4n) is 9.75. The zero-order chi connectivity index (χ0) is 49.9. The maximum atomic E-state index is 5.86. The molecule has 9 heteroatoms. The molecule has 3 aliphatic rings. The summed E-state index contributed by atoms with van der Waals surface area (Å²) in [4.78, 5) is 0. The summed E-state index contributed by atoms with van der Waals surface area (Å²) in [6, 6.07) is 38.7. The van der Waals surface area contributed by atoms with Crippen LogP contribution in [0.4, 0.5) is 0 Å². The molecule has 4 aromatic rings. The quantitative estimate of drug-likeness (QED) is 0.105. The topological polar surface area (TPSA) is 34.7 Å². The van der Waals surface area contributed by atoms with E-state index in [-0.39, 0.29) is 70.3 Å². The smallest absolute Gasteiger partial charge is 0.120 e. The summed E-state index contributed by atoms with van der Waals surface area (Å²) in [7, 11) is -7.21. The van der Waals surface area contributed by atoms with Gasteiger partial charge in [-0.1, -0.05) is 196 Å². The Morgan fingerprint density at radius 1 is 0.388 bits per heavy atom. The number of hydrogen-bond acceptors (Lipinski definition) is 2. The Bertz CT molecular complexity index is 1880. The average molecular weight is 1050 g/mol. The molecular weight excluding hydrogens is 956 g/mol. The van der Waals surface area contributed by atoms with Crippen LogP contribution in [0.15, 0.2) is 109 Å². The van der Waals surface area contributed by atoms with Gasteiger partial charge in [-0.2, -0.15) is 49.2 Å². The van der Waals surface area contributed by atoms with Gasteiger partial charge in [0.05, 0.1) is 0 Å². The van der Waals surface area contributed by atoms with Crippen LogP contribution in [0.2, 0.25) is 72.5 Å². The van der Waals surface area contributed by atoms with Crippen LogP contribution in [0, 0.1) is 13.8 Å². The van der Waals surface area contributed by atoms with Crippen molar-refractivity contribution in [2.45, 2.75) is 180 Å². The van der Waals surface area contributed by atoms with Crippen molar-refractivity contribution < 1.29 is 26.2 Å². The second-order valence-corrected chi connectivity index (χ2v) is 47.0. The molecule has 3 aliphatic carbocycles. The summed E-state index contributed by atoms with van der Waals surface area (Å²) >= 11 is 0. The van der Waals surface area contributed by atoms with Crippen LogP contribution in [0.1, 0.15) is 128 Å². The predicted molar refractivity (Wildman–Crippen MR) is 305 cm³/mol. The number of hydrogen-bond donors (Lipinski definition) is 0. The maximum Gasteiger partial charge on any atom is 0.120 e. The molecule has 0 fully saturated rings. The van der Waals surface area contributed by atoms with Crippen molar-refractivity contribution >= 4 is 32.9 Å². The zero-order valence-corrected chi connectivity index (χ0v) is 52.7. The molecule has 0 amide bonds. The molecule has 0 radical (unpaired) electrons. The molecule has 0 spiro atoms. The molecule has 0 aromatic heterocycles. The van der Waals surface area contributed by atoms with E-state index in [1.165, 1.54) is 22.3 Å². The van der Waals surface area contributed by atoms with Crippen molar-refractivity contribution in [2.24, 2.45) is 0 Å². The van der Waals surface area contributed by atoms with E-state index in [0.29, 0.717) is 0 Å². The normalized spacial score (nSPS) is 18.8. The number of rotatable bonds is 12. The number of nitrogens with zero attached hydrogens (tertiary/aromatic N) is 4. The Kier molecular flexibility index (Phi) is 20.2. The first-order chi connectivity index (χ1) is 30.2. The van der Waals surface area contributed by atoms with Gasteiger partial charge in [0.2, 0.25) is 0 Å². The molecule has 2 atom stereocenters. The maximum absolute atomic E-state index is 5.86. The molecule has 4 aromatic carbocycles. The molecule has 0 heterocycles. The van der Waals surface area contributed by atoms with E-state index < -0.39 is 32.9 Å². The second-order valence-electron chi connectivity index (χ2n) is 25.5. The average Bonchev–Trinajstić information content (AvgIpc) is 3.20. The minimum atomic E-state index is -1.80. The van der Waals surface area contributed by atoms with E-state index in [0.717, 1.165) is 37.3 Å². The minimum absolute atomic E-state index is 0. The summed E-state index contributed by atoms with van der Waals surface area (Å²) in [5, 5.41) is 12.8. The van der Waals surface area contributed by atoms with Crippen LogP contribution >= 0.6 is 0 Å². The van der Waals surface area contributed by atoms with E-state index in [9.17, 15) is 0 Å². The molecule has 67 heavy (non-hydrogen) atoms. The number of fused-ring (bicyclic) bond motifs is 1. The molecule has 0 saturated heterocycles. The Morgan fingerprint density at radius 2 is 0.597 bits per heavy atom. The van der Waals surface area contributed by atoms with Crippen molar-refractivity contribution in [3.63, 3.8) is 0 Å². The summed E-state index contributed by atoms with van der Waals surface area (Å²) in [6.45, 7) is 62.1. The fraction of sp³-hybridized carbons (Fsp3) is 0.552. The Labute approximate surface area is 437 Å². The third-order valence-electron chi connectivity index (χ3n) is 17.4. The molecule has 0 unspecified atom stereocenters. The van der Waals surface area contributed by atoms with Crippen molar-refractivity contribution in [1.82, 2.24) is 8.46 Å². The van der Waals surface area contributed by atoms with Crippen LogP contribution < -0.4 is 0 Å². The van der Waals surface area contributed by atoms with Gasteiger partial charge in [-0.25, -0.2) is 0 Å². The molecule has 0 aliphatic heterocycles. The Morgan fingerprint density at radius 3 is 0.776 bits per heavy atom. The first-order valence-electron chi connectivity index (χ1n) is 25.0. The van der Waals surface area contributed by atoms with Crippen molar-refractivity contribution in [3.8, 4) is 0 Å². The summed E-state index contributed by atoms with van der Waals surface area (Å²) in [5.74, 6) is 0.523. The van der Waals surface area contributed by atoms with Crippen molar-refractivity contribution in [2.75, 3.05) is 26.2 Å². The third-order valence-corrected chi connectivity index (χ3v) is 45.1. The minimum Gasteiger partial charge on any atom is -0.659 e. The largest absolute Gasteiger partial charge is 0.659 e. The van der Waals surface area contributed by atoms with E-state index >= 15 is 0 Å². The van der Waals surface area contributed by atoms with E-state index in [2.05, 4.69) is 206 Å². The second kappa shape index (κ2) is 22.7.